The zero-order valence-corrected chi connectivity index (χ0v) is 30.8. The minimum Gasteiger partial charge on any atom is -0.492 e. The number of likely N-dealkylation sites (tertiary alicyclic amines) is 2. The number of halogens is 3. The Balaban J connectivity index is 1.06. The lowest BCUT2D eigenvalue weighted by atomic mass is 9.96. The fourth-order valence-electron chi connectivity index (χ4n) is 7.38. The van der Waals surface area contributed by atoms with E-state index in [9.17, 15) is 19.6 Å². The van der Waals surface area contributed by atoms with Gasteiger partial charge < -0.3 is 24.2 Å². The largest absolute Gasteiger partial charge is 0.492 e. The van der Waals surface area contributed by atoms with E-state index in [0.717, 1.165) is 72.3 Å². The summed E-state index contributed by atoms with van der Waals surface area (Å²) in [6.45, 7) is 4.51. The molecule has 3 aliphatic rings. The molecular formula is C41H41Cl2FN4O5. The Morgan fingerprint density at radius 2 is 1.75 bits per heavy atom. The molecule has 1 N–H and O–H groups in total. The molecule has 3 heterocycles. The Morgan fingerprint density at radius 1 is 0.962 bits per heavy atom. The Labute approximate surface area is 318 Å². The highest BCUT2D eigenvalue weighted by Crippen LogP contribution is 2.45. The van der Waals surface area contributed by atoms with Crippen molar-refractivity contribution in [2.24, 2.45) is 5.92 Å². The number of rotatable bonds is 14. The van der Waals surface area contributed by atoms with Gasteiger partial charge in [-0.1, -0.05) is 53.5 Å². The van der Waals surface area contributed by atoms with Gasteiger partial charge in [-0.15, -0.1) is 0 Å². The van der Waals surface area contributed by atoms with Crippen LogP contribution in [0, 0.1) is 17.2 Å². The van der Waals surface area contributed by atoms with E-state index in [1.165, 1.54) is 6.20 Å². The Kier molecular flexibility index (Phi) is 11.7. The molecule has 1 atom stereocenters. The van der Waals surface area contributed by atoms with Gasteiger partial charge in [0.25, 0.3) is 0 Å². The Hall–Kier alpha value is -4.40. The zero-order valence-electron chi connectivity index (χ0n) is 29.3. The molecule has 0 saturated carbocycles. The number of aromatic nitrogens is 1. The molecule has 2 aliphatic heterocycles. The van der Waals surface area contributed by atoms with E-state index in [0.29, 0.717) is 71.9 Å². The topological polar surface area (TPSA) is 108 Å². The summed E-state index contributed by atoms with van der Waals surface area (Å²) in [7, 11) is 0. The van der Waals surface area contributed by atoms with Crippen molar-refractivity contribution in [2.45, 2.75) is 57.5 Å². The smallest absolute Gasteiger partial charge is 0.309 e. The van der Waals surface area contributed by atoms with E-state index in [1.807, 2.05) is 35.2 Å². The maximum Gasteiger partial charge on any atom is 0.309 e. The number of aliphatic carboxylic acids is 1. The molecule has 4 aromatic rings. The maximum atomic E-state index is 13.5. The highest BCUT2D eigenvalue weighted by Gasteiger charge is 2.33. The molecule has 0 unspecified atom stereocenters. The average Bonchev–Trinajstić information content (AvgIpc) is 3.56. The number of nitrogens with zero attached hydrogens (tertiary/aromatic N) is 4. The van der Waals surface area contributed by atoms with Gasteiger partial charge in [0, 0.05) is 74.4 Å². The normalized spacial score (nSPS) is 17.9. The number of alkyl halides is 1. The molecule has 9 nitrogen and oxygen atoms in total. The number of hydrogen-bond acceptors (Lipinski definition) is 8. The van der Waals surface area contributed by atoms with Crippen molar-refractivity contribution >= 4 is 29.2 Å². The Morgan fingerprint density at radius 3 is 2.55 bits per heavy atom. The van der Waals surface area contributed by atoms with Gasteiger partial charge in [-0.25, -0.2) is 4.39 Å². The van der Waals surface area contributed by atoms with Gasteiger partial charge in [0.15, 0.2) is 0 Å². The van der Waals surface area contributed by atoms with Crippen LogP contribution in [-0.2, 0) is 24.4 Å². The van der Waals surface area contributed by atoms with Gasteiger partial charge in [-0.05, 0) is 67.0 Å². The number of carboxylic acid groups (broad SMARTS) is 1. The van der Waals surface area contributed by atoms with Gasteiger partial charge in [0.05, 0.1) is 28.1 Å². The van der Waals surface area contributed by atoms with Crippen LogP contribution in [0.15, 0.2) is 67.0 Å². The second-order valence-corrected chi connectivity index (χ2v) is 14.7. The minimum absolute atomic E-state index is 0.173. The Bertz CT molecular complexity index is 1990. The van der Waals surface area contributed by atoms with E-state index in [-0.39, 0.29) is 12.7 Å². The van der Waals surface area contributed by atoms with Gasteiger partial charge in [0.1, 0.15) is 42.2 Å². The van der Waals surface area contributed by atoms with Crippen LogP contribution >= 0.6 is 23.2 Å². The first-order chi connectivity index (χ1) is 25.7. The number of carbonyl (C=O) groups is 1. The van der Waals surface area contributed by atoms with Gasteiger partial charge in [-0.2, -0.15) is 5.26 Å². The second-order valence-electron chi connectivity index (χ2n) is 14.0. The lowest BCUT2D eigenvalue weighted by Gasteiger charge is -2.37. The van der Waals surface area contributed by atoms with Crippen molar-refractivity contribution in [3.05, 3.63) is 105 Å². The third kappa shape index (κ3) is 8.71. The predicted molar refractivity (Wildman–Crippen MR) is 200 cm³/mol. The van der Waals surface area contributed by atoms with Crippen LogP contribution in [0.2, 0.25) is 10.0 Å². The number of nitriles is 1. The molecule has 3 aromatic carbocycles. The minimum atomic E-state index is -0.800. The lowest BCUT2D eigenvalue weighted by molar-refractivity contribution is -0.147. The van der Waals surface area contributed by atoms with Crippen LogP contribution in [0.25, 0.3) is 11.1 Å². The van der Waals surface area contributed by atoms with Crippen LogP contribution < -0.4 is 14.2 Å². The molecule has 276 valence electrons. The van der Waals surface area contributed by atoms with Gasteiger partial charge in [0.2, 0.25) is 0 Å². The van der Waals surface area contributed by atoms with E-state index < -0.39 is 18.1 Å². The fraction of sp³-hybridized carbons (Fsp3) is 0.390. The molecule has 2 saturated heterocycles. The van der Waals surface area contributed by atoms with E-state index in [1.54, 1.807) is 18.3 Å². The monoisotopic (exact) mass is 758 g/mol. The average molecular weight is 760 g/mol. The van der Waals surface area contributed by atoms with E-state index >= 15 is 0 Å². The number of benzene rings is 3. The quantitative estimate of drug-likeness (QED) is 0.127. The van der Waals surface area contributed by atoms with Crippen molar-refractivity contribution in [3.8, 4) is 34.4 Å². The first-order valence-electron chi connectivity index (χ1n) is 18.1. The summed E-state index contributed by atoms with van der Waals surface area (Å²) in [5.41, 5.74) is 6.14. The van der Waals surface area contributed by atoms with Gasteiger partial charge >= 0.3 is 5.97 Å². The number of pyridine rings is 1. The van der Waals surface area contributed by atoms with Crippen molar-refractivity contribution in [2.75, 3.05) is 39.3 Å². The number of hydrogen-bond donors (Lipinski definition) is 1. The number of fused-ring (bicyclic) bond motifs is 1. The van der Waals surface area contributed by atoms with Crippen LogP contribution in [0.5, 0.6) is 17.2 Å². The van der Waals surface area contributed by atoms with Gasteiger partial charge in [-0.3, -0.25) is 14.7 Å². The summed E-state index contributed by atoms with van der Waals surface area (Å²) >= 11 is 13.8. The van der Waals surface area contributed by atoms with Crippen molar-refractivity contribution < 1.29 is 28.5 Å². The first-order valence-corrected chi connectivity index (χ1v) is 18.8. The number of carboxylic acids is 1. The summed E-state index contributed by atoms with van der Waals surface area (Å²) in [5, 5.41) is 19.7. The molecule has 2 fully saturated rings. The van der Waals surface area contributed by atoms with Crippen LogP contribution in [0.3, 0.4) is 0 Å². The molecule has 0 radical (unpaired) electrons. The molecule has 1 aliphatic carbocycles. The molecular weight excluding hydrogens is 718 g/mol. The number of piperidine rings is 1. The van der Waals surface area contributed by atoms with Crippen molar-refractivity contribution in [1.82, 2.24) is 14.8 Å². The van der Waals surface area contributed by atoms with E-state index in [2.05, 4.69) is 28.1 Å². The maximum absolute atomic E-state index is 13.5. The molecule has 1 aromatic heterocycles. The summed E-state index contributed by atoms with van der Waals surface area (Å²) < 4.78 is 32.6. The van der Waals surface area contributed by atoms with E-state index in [4.69, 9.17) is 37.4 Å². The predicted octanol–water partition coefficient (Wildman–Crippen LogP) is 8.29. The summed E-state index contributed by atoms with van der Waals surface area (Å²) in [6.07, 6.45) is 5.79. The zero-order chi connectivity index (χ0) is 36.9. The highest BCUT2D eigenvalue weighted by molar-refractivity contribution is 6.35. The van der Waals surface area contributed by atoms with Crippen LogP contribution in [0.1, 0.15) is 59.6 Å². The highest BCUT2D eigenvalue weighted by atomic mass is 35.5. The molecule has 0 spiro atoms. The summed E-state index contributed by atoms with van der Waals surface area (Å²) in [4.78, 5) is 19.9. The van der Waals surface area contributed by atoms with Crippen molar-refractivity contribution in [1.29, 1.82) is 5.26 Å². The summed E-state index contributed by atoms with van der Waals surface area (Å²) in [5.74, 6) is 0.489. The second kappa shape index (κ2) is 16.7. The third-order valence-electron chi connectivity index (χ3n) is 10.3. The molecule has 53 heavy (non-hydrogen) atoms. The molecule has 7 rings (SSSR count). The van der Waals surface area contributed by atoms with Crippen LogP contribution in [-0.4, -0.2) is 71.4 Å². The molecule has 0 amide bonds. The number of ether oxygens (including phenoxy) is 3. The molecule has 12 heteroatoms. The van der Waals surface area contributed by atoms with Crippen molar-refractivity contribution in [3.63, 3.8) is 0 Å². The summed E-state index contributed by atoms with van der Waals surface area (Å²) in [6, 6.07) is 19.5. The molecule has 0 bridgehead atoms. The van der Waals surface area contributed by atoms with Crippen LogP contribution in [0.4, 0.5) is 4.39 Å². The first kappa shape index (κ1) is 36.9. The standard InChI is InChI=1S/C41H41Cl2FN4O5/c42-35-17-28(22-48-23-29(24-48)41(49)50)38(52-25-27-16-26(19-45)20-46-21-27)18-39(35)53-36-9-8-32-31(4-1-5-33(32)36)34-6-2-7-37(40(34)43)51-15-3-12-47-13-10-30(44)11-14-47/h1-2,4-7,16-18,20-21,29-30,36H,3,8-15,22-25H2,(H,49,50)/t36-/m0/s1. The third-order valence-corrected chi connectivity index (χ3v) is 11.0. The fourth-order valence-corrected chi connectivity index (χ4v) is 7.89. The SMILES string of the molecule is N#Cc1cncc(COc2cc(O[C@H]3CCc4c(-c5cccc(OCCCN6CCC(F)CC6)c5Cl)cccc43)c(Cl)cc2CN2CC(C(=O)O)C2)c1. The lowest BCUT2D eigenvalue weighted by Crippen LogP contribution is -2.49.